The summed E-state index contributed by atoms with van der Waals surface area (Å²) in [6, 6.07) is 26.6. The zero-order chi connectivity index (χ0) is 38.1. The molecule has 0 saturated carbocycles. The molecule has 0 spiro atoms. The molecule has 6 rings (SSSR count). The number of carbonyl (C=O) groups is 3. The number of aryl methyl sites for hydroxylation is 1. The van der Waals surface area contributed by atoms with E-state index in [0.29, 0.717) is 5.69 Å². The van der Waals surface area contributed by atoms with Crippen LogP contribution in [0.3, 0.4) is 0 Å². The fraction of sp³-hybridized carbons (Fsp3) is 0.200. The number of hydrogen-bond acceptors (Lipinski definition) is 8. The molecule has 0 aliphatic carbocycles. The van der Waals surface area contributed by atoms with E-state index in [1.165, 1.54) is 11.1 Å². The number of nitrogens with zero attached hydrogens (tertiary/aromatic N) is 3. The molecule has 2 aromatic carbocycles. The molecule has 17 heteroatoms. The smallest absolute Gasteiger partial charge is 0.430 e. The summed E-state index contributed by atoms with van der Waals surface area (Å²) < 4.78 is 63.1. The van der Waals surface area contributed by atoms with Gasteiger partial charge in [0.25, 0.3) is 5.91 Å². The SMILES string of the molecule is O=C([O-])C(F)(F)F.O=C([O-])C(F)(F)F.[NH3+]Cc1ccc(-c2nc3ccnc(CNC(=O)c4ccc5c(n4)[NH2+]CCC5)c3cc2-c2ccccc2)cc1. The average molecular weight is 729 g/mol. The van der Waals surface area contributed by atoms with Gasteiger partial charge in [0, 0.05) is 40.3 Å². The fourth-order valence-electron chi connectivity index (χ4n) is 4.99. The van der Waals surface area contributed by atoms with Crippen LogP contribution < -0.4 is 26.6 Å². The van der Waals surface area contributed by atoms with Crippen LogP contribution in [0.5, 0.6) is 0 Å². The van der Waals surface area contributed by atoms with E-state index in [9.17, 15) is 31.1 Å². The molecule has 1 aliphatic heterocycles. The van der Waals surface area contributed by atoms with Gasteiger partial charge in [0.2, 0.25) is 5.82 Å². The number of amides is 1. The van der Waals surface area contributed by atoms with Gasteiger partial charge >= 0.3 is 12.4 Å². The largest absolute Gasteiger partial charge is 0.542 e. The third-order valence-electron chi connectivity index (χ3n) is 7.54. The van der Waals surface area contributed by atoms with Crippen molar-refractivity contribution in [3.05, 3.63) is 108 Å². The van der Waals surface area contributed by atoms with Crippen molar-refractivity contribution in [3.8, 4) is 22.4 Å². The summed E-state index contributed by atoms with van der Waals surface area (Å²) >= 11 is 0. The first-order valence-electron chi connectivity index (χ1n) is 15.5. The number of benzene rings is 2. The van der Waals surface area contributed by atoms with Crippen LogP contribution in [0.1, 0.15) is 33.7 Å². The molecule has 4 heterocycles. The molecule has 3 aromatic heterocycles. The fourth-order valence-corrected chi connectivity index (χ4v) is 4.99. The molecule has 0 radical (unpaired) electrons. The number of quaternary nitrogens is 2. The van der Waals surface area contributed by atoms with Crippen LogP contribution in [0, 0.1) is 0 Å². The van der Waals surface area contributed by atoms with E-state index in [4.69, 9.17) is 24.8 Å². The van der Waals surface area contributed by atoms with Crippen LogP contribution in [0.4, 0.5) is 32.2 Å². The highest BCUT2D eigenvalue weighted by Gasteiger charge is 2.29. The molecule has 0 fully saturated rings. The Morgan fingerprint density at radius 1 is 0.827 bits per heavy atom. The molecule has 11 nitrogen and oxygen atoms in total. The summed E-state index contributed by atoms with van der Waals surface area (Å²) in [5.41, 5.74) is 12.5. The maximum atomic E-state index is 13.0. The van der Waals surface area contributed by atoms with E-state index >= 15 is 0 Å². The number of rotatable bonds is 6. The first kappa shape index (κ1) is 38.9. The Hall–Kier alpha value is -5.94. The zero-order valence-corrected chi connectivity index (χ0v) is 27.1. The highest BCUT2D eigenvalue weighted by Crippen LogP contribution is 2.34. The molecular weight excluding hydrogens is 698 g/mol. The summed E-state index contributed by atoms with van der Waals surface area (Å²) in [5, 5.41) is 23.6. The standard InChI is InChI=1S/C31H28N6O.2C2HF3O2/c32-18-20-8-10-22(11-9-20)29-24(21-5-2-1-3-6-21)17-25-26(36-29)14-16-33-28(25)19-35-31(38)27-13-12-23-7-4-15-34-30(23)37-27;2*3-2(4,5)1(6)7/h1-3,5-6,8-14,16-17H,4,7,15,18-19,32H2,(H,34,37)(H,35,38);2*(H,6,7). The minimum Gasteiger partial charge on any atom is -0.542 e. The Labute approximate surface area is 291 Å². The minimum absolute atomic E-state index is 0.205. The van der Waals surface area contributed by atoms with Crippen molar-refractivity contribution in [2.24, 2.45) is 0 Å². The predicted molar refractivity (Wildman–Crippen MR) is 169 cm³/mol. The van der Waals surface area contributed by atoms with Gasteiger partial charge in [0.1, 0.15) is 17.6 Å². The number of hydrogen-bond donors (Lipinski definition) is 3. The topological polar surface area (TPSA) is 192 Å². The van der Waals surface area contributed by atoms with E-state index in [2.05, 4.69) is 68.8 Å². The summed E-state index contributed by atoms with van der Waals surface area (Å²) in [7, 11) is 0. The van der Waals surface area contributed by atoms with Gasteiger partial charge in [-0.05, 0) is 36.2 Å². The molecule has 6 N–H and O–H groups in total. The number of alkyl halides is 6. The number of fused-ring (bicyclic) bond motifs is 2. The second-order valence-corrected chi connectivity index (χ2v) is 11.1. The highest BCUT2D eigenvalue weighted by molar-refractivity contribution is 5.94. The monoisotopic (exact) mass is 728 g/mol. The Balaban J connectivity index is 0.000000367. The third kappa shape index (κ3) is 10.3. The van der Waals surface area contributed by atoms with Gasteiger partial charge in [0.05, 0.1) is 36.5 Å². The Morgan fingerprint density at radius 3 is 2.06 bits per heavy atom. The van der Waals surface area contributed by atoms with Crippen molar-refractivity contribution < 1.29 is 62.0 Å². The van der Waals surface area contributed by atoms with Crippen LogP contribution in [-0.4, -0.2) is 51.7 Å². The summed E-state index contributed by atoms with van der Waals surface area (Å²) in [6.45, 7) is 2.03. The van der Waals surface area contributed by atoms with Crippen molar-refractivity contribution in [2.45, 2.75) is 38.3 Å². The van der Waals surface area contributed by atoms with Crippen LogP contribution >= 0.6 is 0 Å². The lowest BCUT2D eigenvalue weighted by Gasteiger charge is -2.14. The van der Waals surface area contributed by atoms with E-state index in [1.807, 2.05) is 36.4 Å². The van der Waals surface area contributed by atoms with Gasteiger partial charge in [-0.25, -0.2) is 4.98 Å². The predicted octanol–water partition coefficient (Wildman–Crippen LogP) is 1.77. The molecule has 0 unspecified atom stereocenters. The lowest BCUT2D eigenvalue weighted by molar-refractivity contribution is -0.579. The molecule has 5 aromatic rings. The average Bonchev–Trinajstić information content (AvgIpc) is 3.13. The van der Waals surface area contributed by atoms with Crippen molar-refractivity contribution in [2.75, 3.05) is 6.54 Å². The minimum atomic E-state index is -5.19. The first-order valence-corrected chi connectivity index (χ1v) is 15.5. The molecule has 1 amide bonds. The number of carboxylic acids is 2. The number of carbonyl (C=O) groups excluding carboxylic acids is 3. The summed E-state index contributed by atoms with van der Waals surface area (Å²) in [4.78, 5) is 44.8. The molecular formula is C35H30F6N6O5. The number of pyridine rings is 3. The molecule has 0 bridgehead atoms. The highest BCUT2D eigenvalue weighted by atomic mass is 19.4. The number of nitrogens with one attached hydrogen (secondary N) is 1. The van der Waals surface area contributed by atoms with Crippen LogP contribution in [0.15, 0.2) is 85.1 Å². The van der Waals surface area contributed by atoms with Crippen molar-refractivity contribution >= 4 is 34.6 Å². The van der Waals surface area contributed by atoms with E-state index in [-0.39, 0.29) is 12.5 Å². The molecule has 272 valence electrons. The van der Waals surface area contributed by atoms with Gasteiger partial charge in [-0.2, -0.15) is 31.3 Å². The normalized spacial score (nSPS) is 12.4. The second-order valence-electron chi connectivity index (χ2n) is 11.1. The molecule has 1 aliphatic rings. The van der Waals surface area contributed by atoms with Gasteiger partial charge in [-0.3, -0.25) is 15.1 Å². The third-order valence-corrected chi connectivity index (χ3v) is 7.54. The Morgan fingerprint density at radius 2 is 1.46 bits per heavy atom. The number of aliphatic carboxylic acids is 2. The van der Waals surface area contributed by atoms with Gasteiger partial charge in [-0.1, -0.05) is 54.6 Å². The number of nitrogens with two attached hydrogens (primary N) is 1. The number of carboxylic acid groups (broad SMARTS) is 2. The number of halogens is 6. The Kier molecular flexibility index (Phi) is 12.6. The van der Waals surface area contributed by atoms with Crippen molar-refractivity contribution in [1.29, 1.82) is 0 Å². The van der Waals surface area contributed by atoms with Gasteiger partial charge in [0.15, 0.2) is 0 Å². The number of aromatic nitrogens is 3. The van der Waals surface area contributed by atoms with Crippen LogP contribution in [-0.2, 0) is 29.1 Å². The summed E-state index contributed by atoms with van der Waals surface area (Å²) in [5.74, 6) is -5.29. The van der Waals surface area contributed by atoms with Gasteiger partial charge in [-0.15, -0.1) is 0 Å². The molecule has 52 heavy (non-hydrogen) atoms. The zero-order valence-electron chi connectivity index (χ0n) is 27.1. The van der Waals surface area contributed by atoms with E-state index in [0.717, 1.165) is 70.7 Å². The second kappa shape index (κ2) is 16.8. The maximum Gasteiger partial charge on any atom is 0.430 e. The molecule has 0 atom stereocenters. The van der Waals surface area contributed by atoms with E-state index < -0.39 is 24.3 Å². The van der Waals surface area contributed by atoms with Crippen LogP contribution in [0.25, 0.3) is 33.3 Å². The lowest BCUT2D eigenvalue weighted by Crippen LogP contribution is -2.80. The quantitative estimate of drug-likeness (QED) is 0.220. The maximum absolute atomic E-state index is 13.0. The van der Waals surface area contributed by atoms with Crippen molar-refractivity contribution in [3.63, 3.8) is 0 Å². The van der Waals surface area contributed by atoms with Crippen molar-refractivity contribution in [1.82, 2.24) is 20.3 Å². The first-order chi connectivity index (χ1) is 24.6. The lowest BCUT2D eigenvalue weighted by atomic mass is 9.96. The van der Waals surface area contributed by atoms with Crippen LogP contribution in [0.2, 0.25) is 0 Å². The van der Waals surface area contributed by atoms with E-state index in [1.54, 1.807) is 6.20 Å². The summed E-state index contributed by atoms with van der Waals surface area (Å²) in [6.07, 6.45) is -6.49. The Bertz CT molecular complexity index is 2020. The molecule has 0 saturated heterocycles. The van der Waals surface area contributed by atoms with Gasteiger partial charge < -0.3 is 30.9 Å².